The molecule has 27 heavy (non-hydrogen) atoms. The summed E-state index contributed by atoms with van der Waals surface area (Å²) in [4.78, 5) is 15.0. The molecule has 3 aromatic rings. The maximum Gasteiger partial charge on any atom is 0.254 e. The summed E-state index contributed by atoms with van der Waals surface area (Å²) in [5, 5.41) is 0. The maximum atomic E-state index is 13.7. The van der Waals surface area contributed by atoms with Crippen LogP contribution in [0.15, 0.2) is 60.8 Å². The van der Waals surface area contributed by atoms with E-state index in [1.807, 2.05) is 49.5 Å². The van der Waals surface area contributed by atoms with Crippen molar-refractivity contribution in [3.8, 4) is 0 Å². The number of hydrogen-bond donors (Lipinski definition) is 0. The zero-order valence-corrected chi connectivity index (χ0v) is 15.0. The Morgan fingerprint density at radius 2 is 1.74 bits per heavy atom. The summed E-state index contributed by atoms with van der Waals surface area (Å²) in [7, 11) is 0. The van der Waals surface area contributed by atoms with Gasteiger partial charge < -0.3 is 9.47 Å². The van der Waals surface area contributed by atoms with E-state index in [-0.39, 0.29) is 17.5 Å². The lowest BCUT2D eigenvalue weighted by atomic mass is 9.96. The number of nitrogens with zero attached hydrogens (tertiary/aromatic N) is 2. The Kier molecular flexibility index (Phi) is 4.52. The van der Waals surface area contributed by atoms with Crippen LogP contribution in [0, 0.1) is 18.6 Å². The van der Waals surface area contributed by atoms with Gasteiger partial charge in [0.2, 0.25) is 0 Å². The summed E-state index contributed by atoms with van der Waals surface area (Å²) in [6.07, 6.45) is 2.78. The molecule has 0 aliphatic carbocycles. The van der Waals surface area contributed by atoms with Gasteiger partial charge in [-0.2, -0.15) is 0 Å². The predicted octanol–water partition coefficient (Wildman–Crippen LogP) is 4.71. The lowest BCUT2D eigenvalue weighted by Crippen LogP contribution is -2.36. The van der Waals surface area contributed by atoms with Crippen LogP contribution in [0.3, 0.4) is 0 Å². The summed E-state index contributed by atoms with van der Waals surface area (Å²) in [5.41, 5.74) is 3.13. The summed E-state index contributed by atoms with van der Waals surface area (Å²) in [6.45, 7) is 3.32. The number of carbonyl (C=O) groups is 1. The second-order valence-electron chi connectivity index (χ2n) is 6.90. The molecule has 0 bridgehead atoms. The Labute approximate surface area is 156 Å². The second-order valence-corrected chi connectivity index (χ2v) is 6.90. The second kappa shape index (κ2) is 6.99. The molecule has 0 saturated carbocycles. The van der Waals surface area contributed by atoms with Crippen molar-refractivity contribution in [2.45, 2.75) is 25.9 Å². The zero-order chi connectivity index (χ0) is 19.0. The van der Waals surface area contributed by atoms with Crippen molar-refractivity contribution in [1.29, 1.82) is 0 Å². The highest BCUT2D eigenvalue weighted by atomic mass is 19.1. The zero-order valence-electron chi connectivity index (χ0n) is 15.0. The van der Waals surface area contributed by atoms with Crippen LogP contribution in [-0.4, -0.2) is 21.9 Å². The monoisotopic (exact) mass is 366 g/mol. The summed E-state index contributed by atoms with van der Waals surface area (Å²) in [6, 6.07) is 14.6. The first kappa shape index (κ1) is 17.5. The number of aryl methyl sites for hydroxylation is 2. The van der Waals surface area contributed by atoms with Crippen molar-refractivity contribution in [3.63, 3.8) is 0 Å². The van der Waals surface area contributed by atoms with E-state index in [9.17, 15) is 13.6 Å². The van der Waals surface area contributed by atoms with Gasteiger partial charge in [-0.1, -0.05) is 24.3 Å². The molecule has 1 aliphatic heterocycles. The Balaban J connectivity index is 1.84. The number of benzene rings is 2. The van der Waals surface area contributed by atoms with Crippen LogP contribution in [-0.2, 0) is 6.54 Å². The van der Waals surface area contributed by atoms with Crippen molar-refractivity contribution >= 4 is 5.91 Å². The van der Waals surface area contributed by atoms with Gasteiger partial charge in [0.15, 0.2) is 0 Å². The molecule has 2 heterocycles. The minimum absolute atomic E-state index is 0.0334. The van der Waals surface area contributed by atoms with Gasteiger partial charge >= 0.3 is 0 Å². The third kappa shape index (κ3) is 3.25. The molecule has 138 valence electrons. The fraction of sp³-hybridized carbons (Fsp3) is 0.227. The van der Waals surface area contributed by atoms with Crippen molar-refractivity contribution in [3.05, 3.63) is 94.8 Å². The average molecular weight is 366 g/mol. The summed E-state index contributed by atoms with van der Waals surface area (Å²) < 4.78 is 29.5. The minimum Gasteiger partial charge on any atom is -0.349 e. The Bertz CT molecular complexity index is 975. The number of rotatable bonds is 2. The van der Waals surface area contributed by atoms with E-state index in [1.54, 1.807) is 4.90 Å². The van der Waals surface area contributed by atoms with Gasteiger partial charge in [-0.25, -0.2) is 8.78 Å². The van der Waals surface area contributed by atoms with Crippen molar-refractivity contribution in [2.24, 2.45) is 0 Å². The van der Waals surface area contributed by atoms with Crippen LogP contribution in [0.4, 0.5) is 8.78 Å². The predicted molar refractivity (Wildman–Crippen MR) is 99.5 cm³/mol. The topological polar surface area (TPSA) is 25.2 Å². The molecule has 1 aromatic heterocycles. The number of amides is 1. The highest BCUT2D eigenvalue weighted by Crippen LogP contribution is 2.34. The molecule has 5 heteroatoms. The van der Waals surface area contributed by atoms with Gasteiger partial charge in [-0.05, 0) is 48.7 Å². The van der Waals surface area contributed by atoms with Crippen LogP contribution in [0.2, 0.25) is 0 Å². The van der Waals surface area contributed by atoms with E-state index in [0.717, 1.165) is 48.0 Å². The molecule has 1 aliphatic rings. The van der Waals surface area contributed by atoms with Gasteiger partial charge in [-0.15, -0.1) is 0 Å². The molecule has 4 rings (SSSR count). The summed E-state index contributed by atoms with van der Waals surface area (Å²) >= 11 is 0. The number of halogens is 2. The van der Waals surface area contributed by atoms with Crippen LogP contribution in [0.5, 0.6) is 0 Å². The van der Waals surface area contributed by atoms with Crippen LogP contribution < -0.4 is 0 Å². The van der Waals surface area contributed by atoms with E-state index < -0.39 is 11.6 Å². The number of carbonyl (C=O) groups excluding carboxylic acids is 1. The number of fused-ring (bicyclic) bond motifs is 1. The molecule has 0 radical (unpaired) electrons. The molecule has 1 unspecified atom stereocenters. The van der Waals surface area contributed by atoms with E-state index in [2.05, 4.69) is 4.57 Å². The fourth-order valence-electron chi connectivity index (χ4n) is 3.86. The largest absolute Gasteiger partial charge is 0.349 e. The maximum absolute atomic E-state index is 13.7. The van der Waals surface area contributed by atoms with Gasteiger partial charge in [0, 0.05) is 36.6 Å². The van der Waals surface area contributed by atoms with E-state index in [0.29, 0.717) is 6.54 Å². The fourth-order valence-corrected chi connectivity index (χ4v) is 3.86. The molecular formula is C22H20F2N2O. The van der Waals surface area contributed by atoms with Gasteiger partial charge in [0.05, 0.1) is 6.04 Å². The van der Waals surface area contributed by atoms with Gasteiger partial charge in [0.1, 0.15) is 11.6 Å². The molecule has 2 aromatic carbocycles. The van der Waals surface area contributed by atoms with Crippen LogP contribution >= 0.6 is 0 Å². The molecule has 0 saturated heterocycles. The Morgan fingerprint density at radius 3 is 2.48 bits per heavy atom. The number of aromatic nitrogens is 1. The lowest BCUT2D eigenvalue weighted by Gasteiger charge is -2.32. The van der Waals surface area contributed by atoms with Crippen molar-refractivity contribution in [1.82, 2.24) is 9.47 Å². The molecule has 0 N–H and O–H groups in total. The van der Waals surface area contributed by atoms with E-state index in [4.69, 9.17) is 0 Å². The van der Waals surface area contributed by atoms with Gasteiger partial charge in [-0.3, -0.25) is 4.79 Å². The third-order valence-electron chi connectivity index (χ3n) is 5.11. The van der Waals surface area contributed by atoms with Gasteiger partial charge in [0.25, 0.3) is 5.91 Å². The number of hydrogen-bond acceptors (Lipinski definition) is 1. The van der Waals surface area contributed by atoms with Crippen LogP contribution in [0.25, 0.3) is 0 Å². The molecule has 1 atom stereocenters. The molecule has 1 amide bonds. The quantitative estimate of drug-likeness (QED) is 0.645. The Morgan fingerprint density at radius 1 is 1.00 bits per heavy atom. The lowest BCUT2D eigenvalue weighted by molar-refractivity contribution is 0.0708. The SMILES string of the molecule is Cc1ccccc1C1c2cccn2CCCN1C(=O)c1cc(F)cc(F)c1. The molecule has 0 spiro atoms. The van der Waals surface area contributed by atoms with E-state index in [1.165, 1.54) is 0 Å². The molecule has 0 fully saturated rings. The first-order chi connectivity index (χ1) is 13.0. The molecule has 3 nitrogen and oxygen atoms in total. The van der Waals surface area contributed by atoms with Crippen molar-refractivity contribution in [2.75, 3.05) is 6.54 Å². The van der Waals surface area contributed by atoms with Crippen molar-refractivity contribution < 1.29 is 13.6 Å². The highest BCUT2D eigenvalue weighted by Gasteiger charge is 2.32. The average Bonchev–Trinajstić information content (AvgIpc) is 3.01. The van der Waals surface area contributed by atoms with Crippen LogP contribution in [0.1, 0.15) is 39.6 Å². The summed E-state index contributed by atoms with van der Waals surface area (Å²) in [5.74, 6) is -1.86. The minimum atomic E-state index is -0.746. The highest BCUT2D eigenvalue weighted by molar-refractivity contribution is 5.94. The Hall–Kier alpha value is -2.95. The standard InChI is InChI=1S/C22H20F2N2O/c1-15-6-2-3-7-19(15)21-20-8-4-9-25(20)10-5-11-26(21)22(27)16-12-17(23)14-18(24)13-16/h2-4,6-9,12-14,21H,5,10-11H2,1H3. The first-order valence-electron chi connectivity index (χ1n) is 9.02. The van der Waals surface area contributed by atoms with E-state index >= 15 is 0 Å². The molecular weight excluding hydrogens is 346 g/mol. The smallest absolute Gasteiger partial charge is 0.254 e. The third-order valence-corrected chi connectivity index (χ3v) is 5.11. The first-order valence-corrected chi connectivity index (χ1v) is 9.02. The normalized spacial score (nSPS) is 16.7.